The minimum atomic E-state index is -0.549. The van der Waals surface area contributed by atoms with Crippen molar-refractivity contribution in [1.82, 2.24) is 0 Å². The van der Waals surface area contributed by atoms with Gasteiger partial charge in [0, 0.05) is 17.3 Å². The number of methoxy groups -OCH3 is 1. The lowest BCUT2D eigenvalue weighted by Gasteiger charge is -2.09. The van der Waals surface area contributed by atoms with Crippen molar-refractivity contribution >= 4 is 33.2 Å². The van der Waals surface area contributed by atoms with Crippen molar-refractivity contribution in [2.45, 2.75) is 0 Å². The topological polar surface area (TPSA) is 64.3 Å². The Morgan fingerprint density at radius 3 is 2.70 bits per heavy atom. The van der Waals surface area contributed by atoms with Gasteiger partial charge in [0.05, 0.1) is 17.3 Å². The average Bonchev–Trinajstić information content (AvgIpc) is 2.43. The summed E-state index contributed by atoms with van der Waals surface area (Å²) in [6, 6.07) is 8.98. The quantitative estimate of drug-likeness (QED) is 0.842. The van der Waals surface area contributed by atoms with Crippen LogP contribution in [-0.2, 0) is 0 Å². The Morgan fingerprint density at radius 1 is 1.30 bits per heavy atom. The van der Waals surface area contributed by atoms with Crippen molar-refractivity contribution in [3.05, 3.63) is 52.3 Å². The molecule has 2 aromatic carbocycles. The molecule has 4 nitrogen and oxygen atoms in total. The first-order valence-corrected chi connectivity index (χ1v) is 6.50. The molecule has 0 fully saturated rings. The average molecular weight is 339 g/mol. The molecule has 0 saturated heterocycles. The summed E-state index contributed by atoms with van der Waals surface area (Å²) in [5.41, 5.74) is 6.22. The van der Waals surface area contributed by atoms with E-state index in [0.29, 0.717) is 11.4 Å². The van der Waals surface area contributed by atoms with E-state index in [2.05, 4.69) is 21.2 Å². The van der Waals surface area contributed by atoms with E-state index >= 15 is 0 Å². The normalized spacial score (nSPS) is 10.2. The van der Waals surface area contributed by atoms with E-state index in [1.807, 2.05) is 0 Å². The second kappa shape index (κ2) is 5.92. The van der Waals surface area contributed by atoms with Gasteiger partial charge in [-0.3, -0.25) is 4.79 Å². The third kappa shape index (κ3) is 3.08. The molecule has 0 unspecified atom stereocenters. The first-order valence-electron chi connectivity index (χ1n) is 5.71. The molecule has 0 saturated carbocycles. The van der Waals surface area contributed by atoms with Crippen molar-refractivity contribution in [3.63, 3.8) is 0 Å². The molecule has 0 aliphatic heterocycles. The van der Waals surface area contributed by atoms with Crippen LogP contribution in [0.4, 0.5) is 15.8 Å². The number of benzene rings is 2. The molecular weight excluding hydrogens is 327 g/mol. The van der Waals surface area contributed by atoms with Crippen molar-refractivity contribution in [3.8, 4) is 5.75 Å². The SMILES string of the molecule is COc1cc(NC(=O)c2ccc(F)c(N)c2)ccc1Br. The summed E-state index contributed by atoms with van der Waals surface area (Å²) in [5, 5.41) is 2.69. The maximum atomic E-state index is 13.1. The highest BCUT2D eigenvalue weighted by Crippen LogP contribution is 2.28. The summed E-state index contributed by atoms with van der Waals surface area (Å²) in [4.78, 5) is 12.0. The second-order valence-corrected chi connectivity index (χ2v) is 4.89. The van der Waals surface area contributed by atoms with Crippen molar-refractivity contribution in [1.29, 1.82) is 0 Å². The number of amides is 1. The van der Waals surface area contributed by atoms with Gasteiger partial charge in [0.2, 0.25) is 0 Å². The second-order valence-electron chi connectivity index (χ2n) is 4.04. The summed E-state index contributed by atoms with van der Waals surface area (Å²) >= 11 is 3.32. The Morgan fingerprint density at radius 2 is 2.05 bits per heavy atom. The fourth-order valence-corrected chi connectivity index (χ4v) is 2.03. The van der Waals surface area contributed by atoms with Crippen LogP contribution in [0.2, 0.25) is 0 Å². The van der Waals surface area contributed by atoms with Crippen LogP contribution in [0, 0.1) is 5.82 Å². The molecular formula is C14H12BrFN2O2. The highest BCUT2D eigenvalue weighted by molar-refractivity contribution is 9.10. The van der Waals surface area contributed by atoms with E-state index in [1.165, 1.54) is 19.2 Å². The summed E-state index contributed by atoms with van der Waals surface area (Å²) in [6.07, 6.45) is 0. The van der Waals surface area contributed by atoms with Crippen LogP contribution in [0.5, 0.6) is 5.75 Å². The van der Waals surface area contributed by atoms with Crippen LogP contribution < -0.4 is 15.8 Å². The van der Waals surface area contributed by atoms with Crippen molar-refractivity contribution < 1.29 is 13.9 Å². The van der Waals surface area contributed by atoms with Crippen LogP contribution in [-0.4, -0.2) is 13.0 Å². The Kier molecular flexibility index (Phi) is 4.24. The van der Waals surface area contributed by atoms with Gasteiger partial charge in [-0.05, 0) is 46.3 Å². The predicted molar refractivity (Wildman–Crippen MR) is 79.5 cm³/mol. The summed E-state index contributed by atoms with van der Waals surface area (Å²) in [7, 11) is 1.53. The molecule has 1 amide bonds. The molecule has 0 radical (unpaired) electrons. The largest absolute Gasteiger partial charge is 0.495 e. The first kappa shape index (κ1) is 14.3. The third-order valence-electron chi connectivity index (χ3n) is 2.67. The number of halogens is 2. The minimum absolute atomic E-state index is 0.0639. The lowest BCUT2D eigenvalue weighted by molar-refractivity contribution is 0.102. The lowest BCUT2D eigenvalue weighted by atomic mass is 10.1. The molecule has 2 rings (SSSR count). The van der Waals surface area contributed by atoms with Gasteiger partial charge in [0.15, 0.2) is 0 Å². The number of hydrogen-bond acceptors (Lipinski definition) is 3. The number of hydrogen-bond donors (Lipinski definition) is 2. The fourth-order valence-electron chi connectivity index (χ4n) is 1.63. The van der Waals surface area contributed by atoms with E-state index < -0.39 is 5.82 Å². The molecule has 0 bridgehead atoms. The predicted octanol–water partition coefficient (Wildman–Crippen LogP) is 3.43. The van der Waals surface area contributed by atoms with Crippen molar-refractivity contribution in [2.75, 3.05) is 18.2 Å². The number of ether oxygens (including phenoxy) is 1. The molecule has 0 spiro atoms. The Balaban J connectivity index is 2.21. The fraction of sp³-hybridized carbons (Fsp3) is 0.0714. The van der Waals surface area contributed by atoms with Gasteiger partial charge in [0.25, 0.3) is 5.91 Å². The number of anilines is 2. The van der Waals surface area contributed by atoms with Gasteiger partial charge < -0.3 is 15.8 Å². The molecule has 0 aromatic heterocycles. The van der Waals surface area contributed by atoms with Crippen LogP contribution in [0.1, 0.15) is 10.4 Å². The van der Waals surface area contributed by atoms with E-state index in [9.17, 15) is 9.18 Å². The zero-order valence-electron chi connectivity index (χ0n) is 10.6. The summed E-state index contributed by atoms with van der Waals surface area (Å²) in [5.74, 6) is -0.325. The van der Waals surface area contributed by atoms with E-state index in [0.717, 1.165) is 10.5 Å². The van der Waals surface area contributed by atoms with Gasteiger partial charge in [0.1, 0.15) is 11.6 Å². The number of carbonyl (C=O) groups is 1. The maximum absolute atomic E-state index is 13.1. The van der Waals surface area contributed by atoms with Crippen LogP contribution in [0.15, 0.2) is 40.9 Å². The molecule has 6 heteroatoms. The lowest BCUT2D eigenvalue weighted by Crippen LogP contribution is -2.12. The Hall–Kier alpha value is -2.08. The molecule has 0 aliphatic carbocycles. The van der Waals surface area contributed by atoms with E-state index in [1.54, 1.807) is 18.2 Å². The third-order valence-corrected chi connectivity index (χ3v) is 3.32. The molecule has 0 atom stereocenters. The zero-order valence-corrected chi connectivity index (χ0v) is 12.2. The zero-order chi connectivity index (χ0) is 14.7. The number of carbonyl (C=O) groups excluding carboxylic acids is 1. The van der Waals surface area contributed by atoms with Gasteiger partial charge >= 0.3 is 0 Å². The maximum Gasteiger partial charge on any atom is 0.255 e. The molecule has 0 aliphatic rings. The Labute approximate surface area is 123 Å². The highest BCUT2D eigenvalue weighted by Gasteiger charge is 2.10. The standard InChI is InChI=1S/C14H12BrFN2O2/c1-20-13-7-9(3-4-10(13)15)18-14(19)8-2-5-11(16)12(17)6-8/h2-7H,17H2,1H3,(H,18,19). The van der Waals surface area contributed by atoms with Crippen LogP contribution in [0.25, 0.3) is 0 Å². The monoisotopic (exact) mass is 338 g/mol. The number of nitrogens with two attached hydrogens (primary N) is 1. The van der Waals surface area contributed by atoms with Crippen molar-refractivity contribution in [2.24, 2.45) is 0 Å². The number of nitrogen functional groups attached to an aromatic ring is 1. The smallest absolute Gasteiger partial charge is 0.255 e. The van der Waals surface area contributed by atoms with Crippen LogP contribution in [0.3, 0.4) is 0 Å². The summed E-state index contributed by atoms with van der Waals surface area (Å²) in [6.45, 7) is 0. The molecule has 2 aromatic rings. The number of rotatable bonds is 3. The minimum Gasteiger partial charge on any atom is -0.495 e. The molecule has 0 heterocycles. The van der Waals surface area contributed by atoms with Gasteiger partial charge in [-0.15, -0.1) is 0 Å². The molecule has 20 heavy (non-hydrogen) atoms. The number of nitrogens with one attached hydrogen (secondary N) is 1. The van der Waals surface area contributed by atoms with Gasteiger partial charge in [-0.2, -0.15) is 0 Å². The van der Waals surface area contributed by atoms with Crippen LogP contribution >= 0.6 is 15.9 Å². The molecule has 104 valence electrons. The van der Waals surface area contributed by atoms with E-state index in [4.69, 9.17) is 10.5 Å². The Bertz CT molecular complexity index is 662. The van der Waals surface area contributed by atoms with Gasteiger partial charge in [-0.25, -0.2) is 4.39 Å². The van der Waals surface area contributed by atoms with Gasteiger partial charge in [-0.1, -0.05) is 0 Å². The van der Waals surface area contributed by atoms with E-state index in [-0.39, 0.29) is 17.2 Å². The highest BCUT2D eigenvalue weighted by atomic mass is 79.9. The molecule has 3 N–H and O–H groups in total. The summed E-state index contributed by atoms with van der Waals surface area (Å²) < 4.78 is 19.0. The first-order chi connectivity index (χ1) is 9.51.